The average Bonchev–Trinajstić information content (AvgIpc) is 2.85. The fraction of sp³-hybridized carbons (Fsp3) is 0.640. The van der Waals surface area contributed by atoms with Gasteiger partial charge in [-0.2, -0.15) is 15.0 Å². The highest BCUT2D eigenvalue weighted by atomic mass is 35.5. The van der Waals surface area contributed by atoms with Crippen molar-refractivity contribution in [3.8, 4) is 11.8 Å². The van der Waals surface area contributed by atoms with Gasteiger partial charge in [-0.25, -0.2) is 0 Å². The Labute approximate surface area is 207 Å². The fourth-order valence-corrected chi connectivity index (χ4v) is 5.89. The second-order valence-electron chi connectivity index (χ2n) is 10.0. The summed E-state index contributed by atoms with van der Waals surface area (Å²) in [6, 6.07) is 6.33. The van der Waals surface area contributed by atoms with E-state index in [1.54, 1.807) is 7.11 Å². The molecule has 3 saturated carbocycles. The van der Waals surface area contributed by atoms with Gasteiger partial charge in [0.25, 0.3) is 0 Å². The lowest BCUT2D eigenvalue weighted by atomic mass is 9.69. The number of benzene rings is 1. The maximum atomic E-state index is 6.44. The zero-order chi connectivity index (χ0) is 23.7. The molecule has 34 heavy (non-hydrogen) atoms. The molecule has 0 spiro atoms. The van der Waals surface area contributed by atoms with E-state index in [0.717, 1.165) is 44.0 Å². The summed E-state index contributed by atoms with van der Waals surface area (Å²) < 4.78 is 11.7. The smallest absolute Gasteiger partial charge is 0.323 e. The van der Waals surface area contributed by atoms with Crippen LogP contribution in [0.2, 0.25) is 5.02 Å². The molecule has 4 fully saturated rings. The minimum Gasteiger partial charge on any atom is -0.495 e. The molecule has 2 aromatic rings. The maximum Gasteiger partial charge on any atom is 0.323 e. The van der Waals surface area contributed by atoms with Gasteiger partial charge in [0.1, 0.15) is 11.9 Å². The zero-order valence-corrected chi connectivity index (χ0v) is 21.1. The van der Waals surface area contributed by atoms with Crippen LogP contribution in [0.1, 0.15) is 44.9 Å². The highest BCUT2D eigenvalue weighted by Crippen LogP contribution is 2.42. The van der Waals surface area contributed by atoms with Gasteiger partial charge >= 0.3 is 6.01 Å². The van der Waals surface area contributed by atoms with Crippen molar-refractivity contribution < 1.29 is 9.47 Å². The Morgan fingerprint density at radius 1 is 1.06 bits per heavy atom. The maximum absolute atomic E-state index is 6.44. The molecule has 1 N–H and O–H groups in total. The van der Waals surface area contributed by atoms with E-state index in [0.29, 0.717) is 40.6 Å². The van der Waals surface area contributed by atoms with Crippen molar-refractivity contribution in [3.63, 3.8) is 0 Å². The molecule has 1 saturated heterocycles. The molecule has 9 heteroatoms. The van der Waals surface area contributed by atoms with Crippen molar-refractivity contribution in [1.82, 2.24) is 19.9 Å². The molecular weight excluding hydrogens is 452 g/mol. The van der Waals surface area contributed by atoms with Crippen LogP contribution in [0.15, 0.2) is 18.2 Å². The van der Waals surface area contributed by atoms with Crippen LogP contribution in [0.4, 0.5) is 17.6 Å². The monoisotopic (exact) mass is 486 g/mol. The summed E-state index contributed by atoms with van der Waals surface area (Å²) in [5.74, 6) is 3.11. The molecule has 1 aromatic carbocycles. The number of fused-ring (bicyclic) bond motifs is 3. The minimum atomic E-state index is 0.194. The van der Waals surface area contributed by atoms with Crippen LogP contribution in [0.25, 0.3) is 0 Å². The Hall–Kier alpha value is -2.32. The molecule has 0 radical (unpaired) electrons. The van der Waals surface area contributed by atoms with Crippen molar-refractivity contribution in [2.24, 2.45) is 11.8 Å². The van der Waals surface area contributed by atoms with Crippen molar-refractivity contribution in [1.29, 1.82) is 0 Å². The molecule has 184 valence electrons. The third-order valence-corrected chi connectivity index (χ3v) is 8.10. The average molecular weight is 487 g/mol. The molecule has 2 bridgehead atoms. The van der Waals surface area contributed by atoms with Gasteiger partial charge in [0.15, 0.2) is 0 Å². The summed E-state index contributed by atoms with van der Waals surface area (Å²) in [6.07, 6.45) is 8.62. The van der Waals surface area contributed by atoms with Gasteiger partial charge in [0.05, 0.1) is 12.1 Å². The van der Waals surface area contributed by atoms with E-state index < -0.39 is 0 Å². The first kappa shape index (κ1) is 23.4. The lowest BCUT2D eigenvalue weighted by Gasteiger charge is -2.41. The van der Waals surface area contributed by atoms with E-state index in [-0.39, 0.29) is 6.10 Å². The van der Waals surface area contributed by atoms with E-state index in [9.17, 15) is 0 Å². The molecule has 6 rings (SSSR count). The number of nitrogens with one attached hydrogen (secondary N) is 1. The number of methoxy groups -OCH3 is 1. The van der Waals surface area contributed by atoms with Crippen molar-refractivity contribution in [2.45, 2.75) is 57.1 Å². The van der Waals surface area contributed by atoms with Crippen LogP contribution in [0.5, 0.6) is 11.8 Å². The summed E-state index contributed by atoms with van der Waals surface area (Å²) >= 11 is 6.33. The largest absolute Gasteiger partial charge is 0.495 e. The fourth-order valence-electron chi connectivity index (χ4n) is 5.63. The van der Waals surface area contributed by atoms with Gasteiger partial charge in [0, 0.05) is 18.8 Å². The number of ether oxygens (including phenoxy) is 2. The normalized spacial score (nSPS) is 25.2. The quantitative estimate of drug-likeness (QED) is 0.600. The molecule has 2 heterocycles. The second kappa shape index (κ2) is 10.1. The molecule has 1 aliphatic heterocycles. The Bertz CT molecular complexity index is 991. The summed E-state index contributed by atoms with van der Waals surface area (Å²) in [6.45, 7) is 2.15. The molecule has 1 aromatic heterocycles. The molecule has 3 aliphatic carbocycles. The number of rotatable bonds is 7. The predicted molar refractivity (Wildman–Crippen MR) is 135 cm³/mol. The number of piperidine rings is 1. The summed E-state index contributed by atoms with van der Waals surface area (Å²) in [5, 5.41) is 3.82. The van der Waals surface area contributed by atoms with Crippen molar-refractivity contribution >= 4 is 29.2 Å². The Morgan fingerprint density at radius 2 is 1.82 bits per heavy atom. The van der Waals surface area contributed by atoms with Gasteiger partial charge in [-0.15, -0.1) is 0 Å². The van der Waals surface area contributed by atoms with Gasteiger partial charge in [-0.1, -0.05) is 11.6 Å². The van der Waals surface area contributed by atoms with Crippen molar-refractivity contribution in [2.75, 3.05) is 44.5 Å². The van der Waals surface area contributed by atoms with Crippen LogP contribution >= 0.6 is 11.6 Å². The van der Waals surface area contributed by atoms with Crippen LogP contribution in [0.3, 0.4) is 0 Å². The highest BCUT2D eigenvalue weighted by molar-refractivity contribution is 6.32. The standard InChI is InChI=1S/C25H35ClN6O2/c1-31-12-10-19(11-13-31)32(2)24-28-23(27-18-8-9-21(33-3)20(26)15-18)29-25(30-24)34-22-14-16-4-6-17(22)7-5-16/h8-9,15-17,19,22H,4-7,10-14H2,1-3H3,(H,27,28,29,30). The lowest BCUT2D eigenvalue weighted by Crippen LogP contribution is -2.43. The van der Waals surface area contributed by atoms with E-state index in [2.05, 4.69) is 34.2 Å². The van der Waals surface area contributed by atoms with E-state index in [1.165, 1.54) is 25.7 Å². The topological polar surface area (TPSA) is 75.6 Å². The van der Waals surface area contributed by atoms with Gasteiger partial charge < -0.3 is 24.6 Å². The predicted octanol–water partition coefficient (Wildman–Crippen LogP) is 4.77. The summed E-state index contributed by atoms with van der Waals surface area (Å²) in [5.41, 5.74) is 0.785. The first-order chi connectivity index (χ1) is 16.5. The SMILES string of the molecule is COc1ccc(Nc2nc(OC3CC4CCC3CC4)nc(N(C)C3CCN(C)CC3)n2)cc1Cl. The zero-order valence-electron chi connectivity index (χ0n) is 20.3. The summed E-state index contributed by atoms with van der Waals surface area (Å²) in [4.78, 5) is 18.7. The number of halogens is 1. The number of anilines is 3. The van der Waals surface area contributed by atoms with E-state index in [1.807, 2.05) is 18.2 Å². The first-order valence-electron chi connectivity index (χ1n) is 12.4. The molecule has 8 nitrogen and oxygen atoms in total. The molecule has 0 amide bonds. The van der Waals surface area contributed by atoms with E-state index in [4.69, 9.17) is 31.0 Å². The molecule has 4 aliphatic rings. The Kier molecular flexibility index (Phi) is 6.97. The number of likely N-dealkylation sites (tertiary alicyclic amines) is 1. The number of hydrogen-bond donors (Lipinski definition) is 1. The Morgan fingerprint density at radius 3 is 2.47 bits per heavy atom. The highest BCUT2D eigenvalue weighted by Gasteiger charge is 2.37. The van der Waals surface area contributed by atoms with Gasteiger partial charge in [-0.05, 0) is 95.1 Å². The summed E-state index contributed by atoms with van der Waals surface area (Å²) in [7, 11) is 5.85. The van der Waals surface area contributed by atoms with E-state index >= 15 is 0 Å². The second-order valence-corrected chi connectivity index (χ2v) is 10.4. The van der Waals surface area contributed by atoms with Gasteiger partial charge in [-0.3, -0.25) is 0 Å². The molecular formula is C25H35ClN6O2. The number of aromatic nitrogens is 3. The number of nitrogens with zero attached hydrogens (tertiary/aromatic N) is 5. The first-order valence-corrected chi connectivity index (χ1v) is 12.8. The lowest BCUT2D eigenvalue weighted by molar-refractivity contribution is 0.0143. The molecule has 1 atom stereocenters. The van der Waals surface area contributed by atoms with Crippen LogP contribution in [-0.4, -0.2) is 66.3 Å². The third kappa shape index (κ3) is 5.18. The van der Waals surface area contributed by atoms with Gasteiger partial charge in [0.2, 0.25) is 11.9 Å². The Balaban J connectivity index is 1.40. The van der Waals surface area contributed by atoms with Crippen LogP contribution < -0.4 is 19.7 Å². The van der Waals surface area contributed by atoms with Crippen molar-refractivity contribution in [3.05, 3.63) is 23.2 Å². The number of hydrogen-bond acceptors (Lipinski definition) is 8. The minimum absolute atomic E-state index is 0.194. The van der Waals surface area contributed by atoms with Crippen LogP contribution in [0, 0.1) is 11.8 Å². The molecule has 1 unspecified atom stereocenters. The third-order valence-electron chi connectivity index (χ3n) is 7.80. The van der Waals surface area contributed by atoms with Crippen LogP contribution in [-0.2, 0) is 0 Å².